The van der Waals surface area contributed by atoms with Crippen LogP contribution in [0.2, 0.25) is 0 Å². The maximum absolute atomic E-state index is 10.5. The Labute approximate surface area is 118 Å². The summed E-state index contributed by atoms with van der Waals surface area (Å²) in [7, 11) is 0. The maximum Gasteiger partial charge on any atom is 0.320 e. The Morgan fingerprint density at radius 2 is 2.47 bits per heavy atom. The van der Waals surface area contributed by atoms with Crippen LogP contribution in [-0.2, 0) is 10.5 Å². The first-order valence-corrected chi connectivity index (χ1v) is 7.74. The predicted molar refractivity (Wildman–Crippen MR) is 76.2 cm³/mol. The predicted octanol–water partition coefficient (Wildman–Crippen LogP) is 2.44. The number of carboxylic acids is 1. The molecule has 0 radical (unpaired) electrons. The molecule has 0 spiro atoms. The van der Waals surface area contributed by atoms with Gasteiger partial charge in [0.15, 0.2) is 0 Å². The molecular weight excluding hydrogens is 284 g/mol. The molecule has 0 saturated carbocycles. The first-order chi connectivity index (χ1) is 9.16. The Balaban J connectivity index is 1.77. The topological polar surface area (TPSA) is 89.4 Å². The molecule has 7 heteroatoms. The van der Waals surface area contributed by atoms with Gasteiger partial charge in [0.05, 0.1) is 10.6 Å². The third kappa shape index (κ3) is 4.09. The van der Waals surface area contributed by atoms with E-state index in [2.05, 4.69) is 4.98 Å². The molecule has 2 aromatic rings. The Bertz CT molecular complexity index is 525. The van der Waals surface area contributed by atoms with Crippen molar-refractivity contribution in [3.8, 4) is 10.8 Å². The van der Waals surface area contributed by atoms with Crippen LogP contribution < -0.4 is 5.73 Å². The van der Waals surface area contributed by atoms with E-state index < -0.39 is 12.0 Å². The molecule has 2 rings (SSSR count). The van der Waals surface area contributed by atoms with E-state index in [4.69, 9.17) is 15.3 Å². The number of thioether (sulfide) groups is 1. The summed E-state index contributed by atoms with van der Waals surface area (Å²) in [5.41, 5.74) is 6.28. The van der Waals surface area contributed by atoms with E-state index in [1.807, 2.05) is 17.5 Å². The zero-order chi connectivity index (χ0) is 13.7. The second kappa shape index (κ2) is 6.74. The highest BCUT2D eigenvalue weighted by atomic mass is 32.2. The van der Waals surface area contributed by atoms with Gasteiger partial charge in [-0.2, -0.15) is 11.8 Å². The summed E-state index contributed by atoms with van der Waals surface area (Å²) in [6.07, 6.45) is 2.09. The van der Waals surface area contributed by atoms with Crippen molar-refractivity contribution in [3.63, 3.8) is 0 Å². The zero-order valence-electron chi connectivity index (χ0n) is 10.1. The zero-order valence-corrected chi connectivity index (χ0v) is 11.7. The third-order valence-electron chi connectivity index (χ3n) is 2.42. The van der Waals surface area contributed by atoms with E-state index in [-0.39, 0.29) is 0 Å². The highest BCUT2D eigenvalue weighted by molar-refractivity contribution is 7.98. The van der Waals surface area contributed by atoms with Gasteiger partial charge in [0.2, 0.25) is 5.89 Å². The van der Waals surface area contributed by atoms with Crippen molar-refractivity contribution in [2.75, 3.05) is 5.75 Å². The molecule has 0 aromatic carbocycles. The van der Waals surface area contributed by atoms with E-state index in [1.165, 1.54) is 0 Å². The maximum atomic E-state index is 10.5. The summed E-state index contributed by atoms with van der Waals surface area (Å²) in [4.78, 5) is 15.9. The van der Waals surface area contributed by atoms with E-state index in [0.717, 1.165) is 10.6 Å². The van der Waals surface area contributed by atoms with Gasteiger partial charge in [-0.05, 0) is 23.6 Å². The molecule has 1 unspecified atom stereocenters. The molecule has 0 aliphatic rings. The Kier molecular flexibility index (Phi) is 5.00. The minimum absolute atomic E-state index is 0.454. The van der Waals surface area contributed by atoms with Crippen molar-refractivity contribution >= 4 is 29.1 Å². The molecule has 2 aromatic heterocycles. The molecule has 3 N–H and O–H groups in total. The molecule has 5 nitrogen and oxygen atoms in total. The fraction of sp³-hybridized carbons (Fsp3) is 0.333. The van der Waals surface area contributed by atoms with Crippen LogP contribution in [0.1, 0.15) is 12.1 Å². The lowest BCUT2D eigenvalue weighted by Crippen LogP contribution is -2.30. The van der Waals surface area contributed by atoms with Gasteiger partial charge in [-0.15, -0.1) is 11.3 Å². The van der Waals surface area contributed by atoms with Gasteiger partial charge in [-0.1, -0.05) is 6.07 Å². The Morgan fingerprint density at radius 1 is 1.63 bits per heavy atom. The average molecular weight is 298 g/mol. The van der Waals surface area contributed by atoms with E-state index >= 15 is 0 Å². The minimum Gasteiger partial charge on any atom is -0.480 e. The summed E-state index contributed by atoms with van der Waals surface area (Å²) in [6, 6.07) is 3.12. The SMILES string of the molecule is NC(CCSCc1coc(-c2cccs2)n1)C(=O)O. The smallest absolute Gasteiger partial charge is 0.320 e. The molecule has 102 valence electrons. The second-order valence-corrected chi connectivity index (χ2v) is 5.96. The van der Waals surface area contributed by atoms with Crippen molar-refractivity contribution in [2.24, 2.45) is 5.73 Å². The lowest BCUT2D eigenvalue weighted by atomic mass is 10.2. The molecule has 0 bridgehead atoms. The van der Waals surface area contributed by atoms with Crippen LogP contribution in [-0.4, -0.2) is 27.9 Å². The third-order valence-corrected chi connectivity index (χ3v) is 4.31. The van der Waals surface area contributed by atoms with Crippen molar-refractivity contribution in [1.29, 1.82) is 0 Å². The van der Waals surface area contributed by atoms with E-state index in [9.17, 15) is 4.79 Å². The summed E-state index contributed by atoms with van der Waals surface area (Å²) in [6.45, 7) is 0. The standard InChI is InChI=1S/C12H14N2O3S2/c13-9(12(15)16)3-5-18-7-8-6-17-11(14-8)10-2-1-4-19-10/h1-2,4,6,9H,3,5,7,13H2,(H,15,16). The number of oxazole rings is 1. The van der Waals surface area contributed by atoms with Crippen molar-refractivity contribution in [1.82, 2.24) is 4.98 Å². The fourth-order valence-electron chi connectivity index (χ4n) is 1.40. The molecule has 1 atom stereocenters. The van der Waals surface area contributed by atoms with Gasteiger partial charge in [-0.25, -0.2) is 4.98 Å². The number of carbonyl (C=O) groups is 1. The van der Waals surface area contributed by atoms with Crippen LogP contribution in [0.15, 0.2) is 28.2 Å². The summed E-state index contributed by atoms with van der Waals surface area (Å²) in [5.74, 6) is 1.06. The first-order valence-electron chi connectivity index (χ1n) is 5.71. The number of aromatic nitrogens is 1. The minimum atomic E-state index is -0.956. The quantitative estimate of drug-likeness (QED) is 0.763. The molecule has 0 aliphatic carbocycles. The molecule has 0 fully saturated rings. The highest BCUT2D eigenvalue weighted by Crippen LogP contribution is 2.24. The summed E-state index contributed by atoms with van der Waals surface area (Å²) < 4.78 is 5.39. The number of nitrogens with zero attached hydrogens (tertiary/aromatic N) is 1. The molecule has 0 amide bonds. The van der Waals surface area contributed by atoms with Gasteiger partial charge in [0.25, 0.3) is 0 Å². The Morgan fingerprint density at radius 3 is 3.16 bits per heavy atom. The number of thiophene rings is 1. The fourth-order valence-corrected chi connectivity index (χ4v) is 2.96. The monoisotopic (exact) mass is 298 g/mol. The van der Waals surface area contributed by atoms with E-state index in [0.29, 0.717) is 23.8 Å². The molecule has 19 heavy (non-hydrogen) atoms. The first kappa shape index (κ1) is 14.1. The van der Waals surface area contributed by atoms with Crippen LogP contribution >= 0.6 is 23.1 Å². The van der Waals surface area contributed by atoms with Crippen molar-refractivity contribution in [3.05, 3.63) is 29.5 Å². The number of nitrogens with two attached hydrogens (primary N) is 1. The summed E-state index contributed by atoms with van der Waals surface area (Å²) in [5, 5.41) is 10.6. The molecular formula is C12H14N2O3S2. The van der Waals surface area contributed by atoms with Gasteiger partial charge >= 0.3 is 5.97 Å². The number of aliphatic carboxylic acids is 1. The summed E-state index contributed by atoms with van der Waals surface area (Å²) >= 11 is 3.18. The number of carboxylic acid groups (broad SMARTS) is 1. The Hall–Kier alpha value is -1.31. The van der Waals surface area contributed by atoms with Crippen LogP contribution in [0.5, 0.6) is 0 Å². The largest absolute Gasteiger partial charge is 0.480 e. The van der Waals surface area contributed by atoms with Gasteiger partial charge in [0.1, 0.15) is 12.3 Å². The normalized spacial score (nSPS) is 12.5. The van der Waals surface area contributed by atoms with E-state index in [1.54, 1.807) is 29.4 Å². The molecule has 0 saturated heterocycles. The second-order valence-electron chi connectivity index (χ2n) is 3.91. The van der Waals surface area contributed by atoms with Crippen LogP contribution in [0.25, 0.3) is 10.8 Å². The van der Waals surface area contributed by atoms with Crippen LogP contribution in [0.4, 0.5) is 0 Å². The number of hydrogen-bond acceptors (Lipinski definition) is 6. The molecule has 0 aliphatic heterocycles. The average Bonchev–Trinajstić information content (AvgIpc) is 3.04. The number of rotatable bonds is 7. The lowest BCUT2D eigenvalue weighted by Gasteiger charge is -2.04. The number of hydrogen-bond donors (Lipinski definition) is 2. The van der Waals surface area contributed by atoms with Crippen molar-refractivity contribution < 1.29 is 14.3 Å². The van der Waals surface area contributed by atoms with Crippen LogP contribution in [0, 0.1) is 0 Å². The van der Waals surface area contributed by atoms with Gasteiger partial charge in [0, 0.05) is 5.75 Å². The van der Waals surface area contributed by atoms with Gasteiger partial charge < -0.3 is 15.3 Å². The van der Waals surface area contributed by atoms with Crippen LogP contribution in [0.3, 0.4) is 0 Å². The highest BCUT2D eigenvalue weighted by Gasteiger charge is 2.11. The lowest BCUT2D eigenvalue weighted by molar-refractivity contribution is -0.138. The van der Waals surface area contributed by atoms with Crippen molar-refractivity contribution in [2.45, 2.75) is 18.2 Å². The molecule has 2 heterocycles. The van der Waals surface area contributed by atoms with Gasteiger partial charge in [-0.3, -0.25) is 4.79 Å².